The Morgan fingerprint density at radius 2 is 2.17 bits per heavy atom. The molecule has 3 aromatic rings. The number of fused-ring (bicyclic) bond motifs is 1. The van der Waals surface area contributed by atoms with Gasteiger partial charge < -0.3 is 19.3 Å². The standard InChI is InChI=1S/C21H22Cl2N4O3/c22-16-4-3-15-17(26-9-7-24-13-26)12-18(25-21(15)20(16)23)27-8-1-2-14(27)5-10-30-11-6-19(28)29/h3-4,7,9,12-14H,1-2,5-6,8,10-11H2,(H,28,29)/t14-/m0/s1. The van der Waals surface area contributed by atoms with Crippen LogP contribution in [0.25, 0.3) is 16.6 Å². The van der Waals surface area contributed by atoms with Gasteiger partial charge in [0.25, 0.3) is 0 Å². The molecule has 30 heavy (non-hydrogen) atoms. The molecule has 0 aliphatic carbocycles. The minimum atomic E-state index is -0.847. The van der Waals surface area contributed by atoms with Crippen molar-refractivity contribution in [2.45, 2.75) is 31.7 Å². The number of halogens is 2. The Labute approximate surface area is 184 Å². The van der Waals surface area contributed by atoms with Crippen molar-refractivity contribution in [2.24, 2.45) is 0 Å². The van der Waals surface area contributed by atoms with Crippen LogP contribution in [0.2, 0.25) is 10.0 Å². The van der Waals surface area contributed by atoms with E-state index >= 15 is 0 Å². The monoisotopic (exact) mass is 448 g/mol. The SMILES string of the molecule is O=C(O)CCOCC[C@@H]1CCCN1c1cc(-n2ccnc2)c2ccc(Cl)c(Cl)c2n1. The van der Waals surface area contributed by atoms with Crippen molar-refractivity contribution < 1.29 is 14.6 Å². The smallest absolute Gasteiger partial charge is 0.305 e. The summed E-state index contributed by atoms with van der Waals surface area (Å²) in [7, 11) is 0. The predicted octanol–water partition coefficient (Wildman–Crippen LogP) is 4.58. The molecule has 0 spiro atoms. The lowest BCUT2D eigenvalue weighted by molar-refractivity contribution is -0.138. The van der Waals surface area contributed by atoms with Crippen molar-refractivity contribution >= 4 is 45.9 Å². The van der Waals surface area contributed by atoms with Gasteiger partial charge in [-0.15, -0.1) is 0 Å². The van der Waals surface area contributed by atoms with E-state index in [1.165, 1.54) is 0 Å². The lowest BCUT2D eigenvalue weighted by Crippen LogP contribution is -2.31. The molecule has 2 aromatic heterocycles. The molecule has 9 heteroatoms. The molecule has 0 amide bonds. The second kappa shape index (κ2) is 9.20. The van der Waals surface area contributed by atoms with Crippen LogP contribution in [0, 0.1) is 0 Å². The van der Waals surface area contributed by atoms with Gasteiger partial charge in [-0.3, -0.25) is 4.79 Å². The molecular weight excluding hydrogens is 427 g/mol. The highest BCUT2D eigenvalue weighted by Gasteiger charge is 2.27. The summed E-state index contributed by atoms with van der Waals surface area (Å²) in [6.07, 6.45) is 8.29. The van der Waals surface area contributed by atoms with E-state index in [1.807, 2.05) is 16.8 Å². The average molecular weight is 449 g/mol. The van der Waals surface area contributed by atoms with Gasteiger partial charge in [0.1, 0.15) is 5.82 Å². The number of pyridine rings is 1. The maximum absolute atomic E-state index is 10.6. The molecule has 0 radical (unpaired) electrons. The number of rotatable bonds is 8. The van der Waals surface area contributed by atoms with E-state index in [4.69, 9.17) is 38.0 Å². The van der Waals surface area contributed by atoms with Gasteiger partial charge in [0.05, 0.1) is 40.6 Å². The van der Waals surface area contributed by atoms with Crippen LogP contribution in [0.1, 0.15) is 25.7 Å². The normalized spacial score (nSPS) is 16.5. The Balaban J connectivity index is 1.63. The predicted molar refractivity (Wildman–Crippen MR) is 117 cm³/mol. The van der Waals surface area contributed by atoms with Gasteiger partial charge in [-0.05, 0) is 31.4 Å². The topological polar surface area (TPSA) is 80.5 Å². The Kier molecular flexibility index (Phi) is 6.41. The number of benzene rings is 1. The molecule has 3 heterocycles. The molecular formula is C21H22Cl2N4O3. The van der Waals surface area contributed by atoms with Gasteiger partial charge >= 0.3 is 5.97 Å². The van der Waals surface area contributed by atoms with Crippen LogP contribution in [-0.2, 0) is 9.53 Å². The second-order valence-electron chi connectivity index (χ2n) is 7.26. The van der Waals surface area contributed by atoms with Crippen molar-refractivity contribution in [3.8, 4) is 5.69 Å². The van der Waals surface area contributed by atoms with Crippen molar-refractivity contribution in [2.75, 3.05) is 24.7 Å². The van der Waals surface area contributed by atoms with Crippen LogP contribution in [0.4, 0.5) is 5.82 Å². The molecule has 158 valence electrons. The van der Waals surface area contributed by atoms with Crippen LogP contribution in [-0.4, -0.2) is 51.4 Å². The number of hydrogen-bond donors (Lipinski definition) is 1. The first-order valence-electron chi connectivity index (χ1n) is 9.88. The maximum atomic E-state index is 10.6. The maximum Gasteiger partial charge on any atom is 0.305 e. The van der Waals surface area contributed by atoms with Gasteiger partial charge in [-0.1, -0.05) is 23.2 Å². The molecule has 4 rings (SSSR count). The van der Waals surface area contributed by atoms with Crippen molar-refractivity contribution in [3.05, 3.63) is 47.0 Å². The van der Waals surface area contributed by atoms with Gasteiger partial charge in [0.15, 0.2) is 0 Å². The largest absolute Gasteiger partial charge is 0.481 e. The summed E-state index contributed by atoms with van der Waals surface area (Å²) in [5.41, 5.74) is 1.60. The van der Waals surface area contributed by atoms with E-state index in [2.05, 4.69) is 16.0 Å². The lowest BCUT2D eigenvalue weighted by atomic mass is 10.1. The summed E-state index contributed by atoms with van der Waals surface area (Å²) >= 11 is 12.8. The molecule has 1 aromatic carbocycles. The van der Waals surface area contributed by atoms with Gasteiger partial charge in [-0.25, -0.2) is 9.97 Å². The Bertz CT molecular complexity index is 1040. The number of anilines is 1. The van der Waals surface area contributed by atoms with E-state index in [0.717, 1.165) is 42.7 Å². The fourth-order valence-corrected chi connectivity index (χ4v) is 4.24. The quantitative estimate of drug-likeness (QED) is 0.508. The summed E-state index contributed by atoms with van der Waals surface area (Å²) in [5, 5.41) is 10.5. The Morgan fingerprint density at radius 3 is 2.93 bits per heavy atom. The summed E-state index contributed by atoms with van der Waals surface area (Å²) in [4.78, 5) is 21.9. The third-order valence-electron chi connectivity index (χ3n) is 5.35. The van der Waals surface area contributed by atoms with E-state index in [-0.39, 0.29) is 19.1 Å². The van der Waals surface area contributed by atoms with Gasteiger partial charge in [-0.2, -0.15) is 0 Å². The van der Waals surface area contributed by atoms with Crippen LogP contribution in [0.3, 0.4) is 0 Å². The van der Waals surface area contributed by atoms with Crippen LogP contribution in [0.5, 0.6) is 0 Å². The molecule has 1 fully saturated rings. The van der Waals surface area contributed by atoms with E-state index < -0.39 is 5.97 Å². The number of aliphatic carboxylic acids is 1. The molecule has 0 saturated carbocycles. The number of nitrogens with zero attached hydrogens (tertiary/aromatic N) is 4. The molecule has 1 aliphatic rings. The third-order valence-corrected chi connectivity index (χ3v) is 6.14. The summed E-state index contributed by atoms with van der Waals surface area (Å²) in [6, 6.07) is 6.03. The fourth-order valence-electron chi connectivity index (χ4n) is 3.88. The number of carbonyl (C=O) groups is 1. The number of carboxylic acids is 1. The highest BCUT2D eigenvalue weighted by molar-refractivity contribution is 6.45. The van der Waals surface area contributed by atoms with Crippen molar-refractivity contribution in [3.63, 3.8) is 0 Å². The molecule has 1 N–H and O–H groups in total. The number of hydrogen-bond acceptors (Lipinski definition) is 5. The molecule has 0 unspecified atom stereocenters. The first-order chi connectivity index (χ1) is 14.5. The molecule has 0 bridgehead atoms. The highest BCUT2D eigenvalue weighted by atomic mass is 35.5. The fraction of sp³-hybridized carbons (Fsp3) is 0.381. The molecule has 1 saturated heterocycles. The number of ether oxygens (including phenoxy) is 1. The summed E-state index contributed by atoms with van der Waals surface area (Å²) < 4.78 is 7.44. The number of imidazole rings is 1. The minimum Gasteiger partial charge on any atom is -0.481 e. The summed E-state index contributed by atoms with van der Waals surface area (Å²) in [5.74, 6) is -0.0103. The highest BCUT2D eigenvalue weighted by Crippen LogP contribution is 2.36. The first kappa shape index (κ1) is 20.9. The van der Waals surface area contributed by atoms with Crippen LogP contribution < -0.4 is 4.90 Å². The van der Waals surface area contributed by atoms with Crippen molar-refractivity contribution in [1.82, 2.24) is 14.5 Å². The first-order valence-corrected chi connectivity index (χ1v) is 10.6. The third kappa shape index (κ3) is 4.38. The zero-order chi connectivity index (χ0) is 21.1. The average Bonchev–Trinajstić information content (AvgIpc) is 3.42. The molecule has 7 nitrogen and oxygen atoms in total. The van der Waals surface area contributed by atoms with E-state index in [0.29, 0.717) is 22.2 Å². The van der Waals surface area contributed by atoms with E-state index in [1.54, 1.807) is 18.6 Å². The van der Waals surface area contributed by atoms with Crippen LogP contribution >= 0.6 is 23.2 Å². The summed E-state index contributed by atoms with van der Waals surface area (Å²) in [6.45, 7) is 1.64. The zero-order valence-corrected chi connectivity index (χ0v) is 17.8. The number of aromatic nitrogens is 3. The Hall–Kier alpha value is -2.35. The minimum absolute atomic E-state index is 0.0220. The Morgan fingerprint density at radius 1 is 1.30 bits per heavy atom. The molecule has 1 atom stereocenters. The van der Waals surface area contributed by atoms with Crippen LogP contribution in [0.15, 0.2) is 36.9 Å². The van der Waals surface area contributed by atoms with E-state index in [9.17, 15) is 4.79 Å². The van der Waals surface area contributed by atoms with Gasteiger partial charge in [0.2, 0.25) is 0 Å². The van der Waals surface area contributed by atoms with Crippen molar-refractivity contribution in [1.29, 1.82) is 0 Å². The molecule has 1 aliphatic heterocycles. The zero-order valence-electron chi connectivity index (χ0n) is 16.3. The number of carboxylic acid groups (broad SMARTS) is 1. The van der Waals surface area contributed by atoms with Gasteiger partial charge in [0, 0.05) is 43.0 Å². The lowest BCUT2D eigenvalue weighted by Gasteiger charge is -2.27. The second-order valence-corrected chi connectivity index (χ2v) is 8.05.